The van der Waals surface area contributed by atoms with Gasteiger partial charge in [0.2, 0.25) is 6.41 Å². The first kappa shape index (κ1) is 29.5. The number of aromatic nitrogens is 1. The minimum atomic E-state index is -0.192. The molecule has 11 nitrogen and oxygen atoms in total. The van der Waals surface area contributed by atoms with Crippen LogP contribution < -0.4 is 34.1 Å². The summed E-state index contributed by atoms with van der Waals surface area (Å²) in [5.74, 6) is 1.44. The van der Waals surface area contributed by atoms with Gasteiger partial charge in [-0.25, -0.2) is 0 Å². The van der Waals surface area contributed by atoms with Crippen molar-refractivity contribution in [1.82, 2.24) is 4.98 Å². The molecule has 2 aliphatic rings. The average Bonchev–Trinajstić information content (AvgIpc) is 3.40. The van der Waals surface area contributed by atoms with Gasteiger partial charge in [-0.15, -0.1) is 0 Å². The number of pyridine rings is 1. The lowest BCUT2D eigenvalue weighted by Gasteiger charge is -2.24. The molecule has 1 atom stereocenters. The van der Waals surface area contributed by atoms with Gasteiger partial charge in [-0.1, -0.05) is 24.3 Å². The Labute approximate surface area is 260 Å². The second kappa shape index (κ2) is 12.6. The number of nitrogens with one attached hydrogen (secondary N) is 1. The smallest absolute Gasteiger partial charge is 0.260 e. The molecule has 3 heterocycles. The van der Waals surface area contributed by atoms with E-state index in [1.807, 2.05) is 42.5 Å². The van der Waals surface area contributed by atoms with Gasteiger partial charge in [0.1, 0.15) is 13.2 Å². The van der Waals surface area contributed by atoms with Gasteiger partial charge < -0.3 is 34.1 Å². The molecule has 4 aromatic rings. The first-order chi connectivity index (χ1) is 22.0. The third kappa shape index (κ3) is 5.60. The van der Waals surface area contributed by atoms with Crippen molar-refractivity contribution in [3.63, 3.8) is 0 Å². The number of nitrogens with zero attached hydrogens (tertiary/aromatic N) is 3. The number of amides is 2. The zero-order chi connectivity index (χ0) is 31.5. The minimum absolute atomic E-state index is 0.0986. The van der Waals surface area contributed by atoms with Crippen LogP contribution >= 0.6 is 0 Å². The SMILES string of the molecule is CNc1cc(OCc2cccc(COc3cc4c(cc3OC)C(=O)N3c5ccccc5CC3CN4C=O)n2)c(OC)cc1C=O. The lowest BCUT2D eigenvalue weighted by Crippen LogP contribution is -2.41. The van der Waals surface area contributed by atoms with Crippen molar-refractivity contribution in [2.45, 2.75) is 25.7 Å². The number of ether oxygens (including phenoxy) is 4. The van der Waals surface area contributed by atoms with Crippen LogP contribution in [-0.4, -0.2) is 57.4 Å². The summed E-state index contributed by atoms with van der Waals surface area (Å²) in [5, 5.41) is 2.98. The molecule has 0 spiro atoms. The molecule has 0 saturated carbocycles. The summed E-state index contributed by atoms with van der Waals surface area (Å²) in [6.45, 7) is 0.597. The van der Waals surface area contributed by atoms with Gasteiger partial charge in [-0.2, -0.15) is 0 Å². The molecule has 1 unspecified atom stereocenters. The number of para-hydroxylation sites is 1. The van der Waals surface area contributed by atoms with E-state index in [1.54, 1.807) is 41.1 Å². The molecule has 230 valence electrons. The topological polar surface area (TPSA) is 120 Å². The molecule has 0 fully saturated rings. The Morgan fingerprint density at radius 1 is 0.867 bits per heavy atom. The Morgan fingerprint density at radius 3 is 2.22 bits per heavy atom. The van der Waals surface area contributed by atoms with E-state index in [0.717, 1.165) is 23.9 Å². The van der Waals surface area contributed by atoms with Crippen molar-refractivity contribution in [1.29, 1.82) is 0 Å². The quantitative estimate of drug-likeness (QED) is 0.243. The maximum absolute atomic E-state index is 13.8. The van der Waals surface area contributed by atoms with Gasteiger partial charge in [-0.3, -0.25) is 19.4 Å². The number of rotatable bonds is 11. The fourth-order valence-electron chi connectivity index (χ4n) is 5.82. The Bertz CT molecular complexity index is 1780. The molecule has 1 N–H and O–H groups in total. The highest BCUT2D eigenvalue weighted by Crippen LogP contribution is 2.42. The van der Waals surface area contributed by atoms with E-state index in [9.17, 15) is 14.4 Å². The molecule has 6 rings (SSSR count). The van der Waals surface area contributed by atoms with Crippen LogP contribution in [0.3, 0.4) is 0 Å². The van der Waals surface area contributed by atoms with Gasteiger partial charge in [0.25, 0.3) is 5.91 Å². The molecule has 0 saturated heterocycles. The van der Waals surface area contributed by atoms with Crippen LogP contribution in [0.25, 0.3) is 0 Å². The molecular weight excluding hydrogens is 576 g/mol. The second-order valence-corrected chi connectivity index (χ2v) is 10.6. The van der Waals surface area contributed by atoms with E-state index in [0.29, 0.717) is 69.9 Å². The largest absolute Gasteiger partial charge is 0.493 e. The molecule has 0 radical (unpaired) electrons. The molecule has 0 bridgehead atoms. The van der Waals surface area contributed by atoms with Crippen LogP contribution in [0.15, 0.2) is 66.7 Å². The van der Waals surface area contributed by atoms with E-state index >= 15 is 0 Å². The van der Waals surface area contributed by atoms with Crippen LogP contribution in [0.4, 0.5) is 17.1 Å². The molecule has 3 aromatic carbocycles. The van der Waals surface area contributed by atoms with Crippen LogP contribution in [-0.2, 0) is 24.4 Å². The predicted octanol–water partition coefficient (Wildman–Crippen LogP) is 4.66. The molecule has 2 aliphatic heterocycles. The zero-order valence-corrected chi connectivity index (χ0v) is 25.1. The number of carbonyl (C=O) groups is 3. The molecule has 2 amide bonds. The number of aldehydes is 1. The number of methoxy groups -OCH3 is 2. The Hall–Kier alpha value is -5.58. The van der Waals surface area contributed by atoms with Crippen molar-refractivity contribution in [2.24, 2.45) is 0 Å². The van der Waals surface area contributed by atoms with Crippen LogP contribution in [0, 0.1) is 0 Å². The van der Waals surface area contributed by atoms with Crippen molar-refractivity contribution in [3.05, 3.63) is 94.8 Å². The summed E-state index contributed by atoms with van der Waals surface area (Å²) in [6, 6.07) is 19.8. The van der Waals surface area contributed by atoms with Crippen LogP contribution in [0.5, 0.6) is 23.0 Å². The second-order valence-electron chi connectivity index (χ2n) is 10.6. The summed E-state index contributed by atoms with van der Waals surface area (Å²) < 4.78 is 23.2. The van der Waals surface area contributed by atoms with Crippen LogP contribution in [0.2, 0.25) is 0 Å². The standard InChI is InChI=1S/C34H32N4O7/c1-35-27-14-32(30(42-2)12-22(27)17-39)44-18-23-8-6-9-24(36-23)19-45-33-15-29-26(13-31(33)43-3)34(41)38-25(16-37(29)20-40)11-21-7-4-5-10-28(21)38/h4-10,12-15,17,20,25,35H,11,16,18-19H2,1-3H3. The van der Waals surface area contributed by atoms with E-state index in [2.05, 4.69) is 10.3 Å². The van der Waals surface area contributed by atoms with Gasteiger partial charge in [0.05, 0.1) is 42.9 Å². The normalized spacial score (nSPS) is 14.9. The van der Waals surface area contributed by atoms with Crippen molar-refractivity contribution >= 4 is 35.7 Å². The summed E-state index contributed by atoms with van der Waals surface area (Å²) >= 11 is 0. The van der Waals surface area contributed by atoms with Gasteiger partial charge >= 0.3 is 0 Å². The van der Waals surface area contributed by atoms with Crippen molar-refractivity contribution in [2.75, 3.05) is 42.9 Å². The summed E-state index contributed by atoms with van der Waals surface area (Å²) in [4.78, 5) is 45.5. The maximum atomic E-state index is 13.8. The minimum Gasteiger partial charge on any atom is -0.493 e. The lowest BCUT2D eigenvalue weighted by atomic mass is 10.1. The number of fused-ring (bicyclic) bond motifs is 4. The maximum Gasteiger partial charge on any atom is 0.260 e. The van der Waals surface area contributed by atoms with E-state index in [-0.39, 0.29) is 25.2 Å². The molecule has 45 heavy (non-hydrogen) atoms. The van der Waals surface area contributed by atoms with E-state index in [1.165, 1.54) is 14.2 Å². The third-order valence-electron chi connectivity index (χ3n) is 7.99. The number of anilines is 3. The highest BCUT2D eigenvalue weighted by Gasteiger charge is 2.40. The molecule has 1 aromatic heterocycles. The average molecular weight is 609 g/mol. The van der Waals surface area contributed by atoms with Gasteiger partial charge in [-0.05, 0) is 42.3 Å². The first-order valence-corrected chi connectivity index (χ1v) is 14.4. The number of carbonyl (C=O) groups excluding carboxylic acids is 3. The van der Waals surface area contributed by atoms with Gasteiger partial charge in [0.15, 0.2) is 29.3 Å². The summed E-state index contributed by atoms with van der Waals surface area (Å²) in [7, 11) is 4.74. The van der Waals surface area contributed by atoms with Crippen molar-refractivity contribution < 1.29 is 33.3 Å². The third-order valence-corrected chi connectivity index (χ3v) is 7.99. The summed E-state index contributed by atoms with van der Waals surface area (Å²) in [5.41, 5.74) is 5.12. The van der Waals surface area contributed by atoms with E-state index < -0.39 is 0 Å². The van der Waals surface area contributed by atoms with Crippen LogP contribution in [0.1, 0.15) is 37.7 Å². The lowest BCUT2D eigenvalue weighted by molar-refractivity contribution is -0.107. The molecule has 11 heteroatoms. The number of hydrogen-bond donors (Lipinski definition) is 1. The monoisotopic (exact) mass is 608 g/mol. The number of hydrogen-bond acceptors (Lipinski definition) is 9. The highest BCUT2D eigenvalue weighted by atomic mass is 16.5. The zero-order valence-electron chi connectivity index (χ0n) is 25.1. The highest BCUT2D eigenvalue weighted by molar-refractivity contribution is 6.13. The molecular formula is C34H32N4O7. The first-order valence-electron chi connectivity index (χ1n) is 14.4. The fraction of sp³-hybridized carbons (Fsp3) is 0.235. The van der Waals surface area contributed by atoms with Crippen molar-refractivity contribution in [3.8, 4) is 23.0 Å². The number of benzene rings is 3. The Morgan fingerprint density at radius 2 is 1.56 bits per heavy atom. The van der Waals surface area contributed by atoms with Gasteiger partial charge in [0, 0.05) is 42.7 Å². The Balaban J connectivity index is 1.21. The predicted molar refractivity (Wildman–Crippen MR) is 168 cm³/mol. The Kier molecular flexibility index (Phi) is 8.24. The molecule has 0 aliphatic carbocycles. The van der Waals surface area contributed by atoms with E-state index in [4.69, 9.17) is 18.9 Å². The summed E-state index contributed by atoms with van der Waals surface area (Å²) in [6.07, 6.45) is 2.17. The fourth-order valence-corrected chi connectivity index (χ4v) is 5.82.